The SMILES string of the molecule is CSSC(COc1cccc(C(=O)NCCN)c1)OCCOCC(=O)NCC#CBC1OC(COC(C)(C)P(=O)(O)O)C1O[C@@H](CSC(C)=O)SSC. The van der Waals surface area contributed by atoms with E-state index in [0.29, 0.717) is 30.2 Å². The van der Waals surface area contributed by atoms with Crippen LogP contribution in [0.1, 0.15) is 31.1 Å². The molecule has 1 saturated heterocycles. The lowest BCUT2D eigenvalue weighted by Crippen LogP contribution is -2.61. The lowest BCUT2D eigenvalue weighted by molar-refractivity contribution is -0.233. The fraction of sp³-hybridized carbons (Fsp3) is 0.645. The van der Waals surface area contributed by atoms with Crippen molar-refractivity contribution in [2.75, 3.05) is 70.9 Å². The Morgan fingerprint density at radius 3 is 2.55 bits per heavy atom. The Morgan fingerprint density at radius 1 is 1.13 bits per heavy atom. The molecule has 0 saturated carbocycles. The number of rotatable bonds is 26. The van der Waals surface area contributed by atoms with E-state index in [0.717, 1.165) is 11.8 Å². The molecule has 1 aromatic rings. The average Bonchev–Trinajstić information content (AvgIpc) is 3.10. The molecule has 0 bridgehead atoms. The molecule has 1 fully saturated rings. The molecule has 298 valence electrons. The molecular weight excluding hydrogens is 808 g/mol. The Kier molecular flexibility index (Phi) is 23.5. The Bertz CT molecular complexity index is 1410. The molecule has 5 atom stereocenters. The third-order valence-electron chi connectivity index (χ3n) is 7.00. The third kappa shape index (κ3) is 19.1. The van der Waals surface area contributed by atoms with E-state index < -0.39 is 31.1 Å². The maximum absolute atomic E-state index is 12.3. The number of amides is 2. The van der Waals surface area contributed by atoms with Crippen LogP contribution in [-0.4, -0.2) is 139 Å². The number of thioether (sulfide) groups is 1. The molecule has 22 heteroatoms. The monoisotopic (exact) mass is 857 g/mol. The topological polar surface area (TPSA) is 214 Å². The first-order chi connectivity index (χ1) is 25.2. The first kappa shape index (κ1) is 48.1. The highest BCUT2D eigenvalue weighted by atomic mass is 33.1. The molecule has 1 heterocycles. The van der Waals surface area contributed by atoms with Gasteiger partial charge in [0.15, 0.2) is 10.5 Å². The standard InChI is InChI=1S/C31H49BN3O12PS5/c1-21(36)51-20-27(53-50-5)47-28-24(17-45-31(2,3)48(39,40)41)46-29(28)32-10-7-12-34-25(37)18-42-14-15-43-26(52-49-4)19-44-23-9-6-8-22(16-23)30(38)35-13-11-33/h6,8-9,16,24,26-29,32H,11-15,17-20,33H2,1-5H3,(H,34,37)(H,35,38)(H2,39,40,41)/t24?,26?,27-,28?,29?/m1/s1. The van der Waals surface area contributed by atoms with Crippen LogP contribution in [0.15, 0.2) is 24.3 Å². The minimum absolute atomic E-state index is 0.0385. The van der Waals surface area contributed by atoms with Gasteiger partial charge < -0.3 is 54.6 Å². The van der Waals surface area contributed by atoms with Gasteiger partial charge in [-0.2, -0.15) is 5.82 Å². The Morgan fingerprint density at radius 2 is 1.87 bits per heavy atom. The summed E-state index contributed by atoms with van der Waals surface area (Å²) in [6.07, 6.45) is 2.72. The van der Waals surface area contributed by atoms with E-state index in [1.807, 2.05) is 12.5 Å². The first-order valence-electron chi connectivity index (χ1n) is 16.4. The smallest absolute Gasteiger partial charge is 0.356 e. The first-order valence-corrected chi connectivity index (χ1v) is 24.2. The van der Waals surface area contributed by atoms with Crippen LogP contribution in [0.25, 0.3) is 0 Å². The van der Waals surface area contributed by atoms with Crippen molar-refractivity contribution in [3.63, 3.8) is 0 Å². The van der Waals surface area contributed by atoms with E-state index in [2.05, 4.69) is 22.4 Å². The van der Waals surface area contributed by atoms with Crippen molar-refractivity contribution in [3.05, 3.63) is 29.8 Å². The molecule has 0 aliphatic carbocycles. The van der Waals surface area contributed by atoms with Crippen molar-refractivity contribution in [1.82, 2.24) is 10.6 Å². The zero-order chi connectivity index (χ0) is 39.3. The quantitative estimate of drug-likeness (QED) is 0.0226. The maximum atomic E-state index is 12.3. The number of ether oxygens (including phenoxy) is 6. The fourth-order valence-electron chi connectivity index (χ4n) is 4.15. The number of hydrogen-bond donors (Lipinski definition) is 5. The molecule has 53 heavy (non-hydrogen) atoms. The van der Waals surface area contributed by atoms with Crippen LogP contribution in [0.4, 0.5) is 0 Å². The van der Waals surface area contributed by atoms with Gasteiger partial charge in [0.2, 0.25) is 13.2 Å². The van der Waals surface area contributed by atoms with Crippen molar-refractivity contribution in [3.8, 4) is 17.5 Å². The van der Waals surface area contributed by atoms with Crippen molar-refractivity contribution < 1.29 is 57.2 Å². The summed E-state index contributed by atoms with van der Waals surface area (Å²) in [7, 11) is 1.68. The van der Waals surface area contributed by atoms with Gasteiger partial charge in [-0.15, -0.1) is 0 Å². The van der Waals surface area contributed by atoms with Gasteiger partial charge in [-0.1, -0.05) is 66.9 Å². The van der Waals surface area contributed by atoms with Crippen LogP contribution in [0.2, 0.25) is 0 Å². The van der Waals surface area contributed by atoms with Crippen molar-refractivity contribution in [1.29, 1.82) is 0 Å². The molecular formula is C31H49BN3O12PS5. The van der Waals surface area contributed by atoms with Gasteiger partial charge in [0.05, 0.1) is 32.4 Å². The Labute approximate surface area is 332 Å². The zero-order valence-electron chi connectivity index (χ0n) is 30.3. The van der Waals surface area contributed by atoms with Gasteiger partial charge in [-0.25, -0.2) is 0 Å². The van der Waals surface area contributed by atoms with Crippen LogP contribution in [0, 0.1) is 11.7 Å². The molecule has 2 rings (SSSR count). The highest BCUT2D eigenvalue weighted by molar-refractivity contribution is 8.77. The Balaban J connectivity index is 1.76. The molecule has 0 aromatic heterocycles. The average molecular weight is 858 g/mol. The third-order valence-corrected chi connectivity index (χ3v) is 13.4. The lowest BCUT2D eigenvalue weighted by atomic mass is 9.66. The van der Waals surface area contributed by atoms with Gasteiger partial charge in [0.1, 0.15) is 42.0 Å². The molecule has 1 aromatic carbocycles. The van der Waals surface area contributed by atoms with Gasteiger partial charge in [0.25, 0.3) is 5.91 Å². The molecule has 6 N–H and O–H groups in total. The summed E-state index contributed by atoms with van der Waals surface area (Å²) < 4.78 is 46.7. The summed E-state index contributed by atoms with van der Waals surface area (Å²) in [5.74, 6) is 6.23. The second kappa shape index (κ2) is 26.0. The molecule has 0 spiro atoms. The van der Waals surface area contributed by atoms with E-state index in [9.17, 15) is 28.7 Å². The van der Waals surface area contributed by atoms with E-state index in [1.165, 1.54) is 63.9 Å². The number of carbonyl (C=O) groups excluding carboxylic acids is 3. The van der Waals surface area contributed by atoms with Gasteiger partial charge >= 0.3 is 7.60 Å². The molecule has 2 amide bonds. The van der Waals surface area contributed by atoms with Crippen molar-refractivity contribution in [2.45, 2.75) is 55.2 Å². The molecule has 1 aliphatic heterocycles. The van der Waals surface area contributed by atoms with E-state index in [1.54, 1.807) is 24.3 Å². The van der Waals surface area contributed by atoms with Gasteiger partial charge in [-0.3, -0.25) is 18.9 Å². The van der Waals surface area contributed by atoms with Crippen LogP contribution < -0.4 is 21.1 Å². The second-order valence-electron chi connectivity index (χ2n) is 11.4. The summed E-state index contributed by atoms with van der Waals surface area (Å²) in [5.41, 5.74) is 5.25. The summed E-state index contributed by atoms with van der Waals surface area (Å²) in [4.78, 5) is 55.2. The molecule has 15 nitrogen and oxygen atoms in total. The van der Waals surface area contributed by atoms with Crippen molar-refractivity contribution >= 4 is 86.7 Å². The second-order valence-corrected chi connectivity index (χ2v) is 20.1. The largest absolute Gasteiger partial charge is 0.490 e. The van der Waals surface area contributed by atoms with Gasteiger partial charge in [0, 0.05) is 31.3 Å². The summed E-state index contributed by atoms with van der Waals surface area (Å²) in [5, 5.41) is 3.65. The molecule has 1 aliphatic rings. The minimum Gasteiger partial charge on any atom is -0.490 e. The predicted molar refractivity (Wildman–Crippen MR) is 217 cm³/mol. The number of nitrogens with two attached hydrogens (primary N) is 1. The van der Waals surface area contributed by atoms with E-state index in [4.69, 9.17) is 34.2 Å². The normalized spacial score (nSPS) is 18.2. The molecule has 0 radical (unpaired) electrons. The zero-order valence-corrected chi connectivity index (χ0v) is 35.3. The number of benzene rings is 1. The van der Waals surface area contributed by atoms with Gasteiger partial charge in [-0.05, 0) is 44.6 Å². The highest BCUT2D eigenvalue weighted by Gasteiger charge is 2.47. The van der Waals surface area contributed by atoms with Crippen molar-refractivity contribution in [2.24, 2.45) is 5.73 Å². The fourth-order valence-corrected chi connectivity index (χ4v) is 8.41. The number of carbonyl (C=O) groups is 3. The lowest BCUT2D eigenvalue weighted by Gasteiger charge is -2.45. The Hall–Kier alpha value is -1.09. The predicted octanol–water partition coefficient (Wildman–Crippen LogP) is 2.30. The van der Waals surface area contributed by atoms with Crippen LogP contribution in [-0.2, 0) is 37.8 Å². The highest BCUT2D eigenvalue weighted by Crippen LogP contribution is 2.51. The minimum atomic E-state index is -4.53. The summed E-state index contributed by atoms with van der Waals surface area (Å²) >= 11 is 1.14. The molecule has 4 unspecified atom stereocenters. The van der Waals surface area contributed by atoms with Crippen LogP contribution >= 0.6 is 62.5 Å². The van der Waals surface area contributed by atoms with Crippen LogP contribution in [0.3, 0.4) is 0 Å². The number of nitrogens with one attached hydrogen (secondary N) is 2. The number of hydrogen-bond acceptors (Lipinski definition) is 16. The van der Waals surface area contributed by atoms with E-state index in [-0.39, 0.29) is 74.7 Å². The van der Waals surface area contributed by atoms with E-state index >= 15 is 0 Å². The summed E-state index contributed by atoms with van der Waals surface area (Å²) in [6.45, 7) is 5.27. The van der Waals surface area contributed by atoms with Crippen LogP contribution in [0.5, 0.6) is 5.75 Å². The maximum Gasteiger partial charge on any atom is 0.356 e. The summed E-state index contributed by atoms with van der Waals surface area (Å²) in [6, 6.07) is 6.39.